The number of nitrogens with zero attached hydrogens (tertiary/aromatic N) is 6. The Morgan fingerprint density at radius 2 is 2.00 bits per heavy atom. The maximum absolute atomic E-state index is 11.3. The maximum atomic E-state index is 11.3. The Morgan fingerprint density at radius 1 is 1.26 bits per heavy atom. The van der Waals surface area contributed by atoms with Crippen molar-refractivity contribution in [2.24, 2.45) is 17.3 Å². The highest BCUT2D eigenvalue weighted by atomic mass is 35.5. The van der Waals surface area contributed by atoms with Crippen LogP contribution >= 0.6 is 23.2 Å². The molecule has 3 aromatic rings. The van der Waals surface area contributed by atoms with E-state index >= 15 is 0 Å². The highest BCUT2D eigenvalue weighted by Gasteiger charge is 2.51. The van der Waals surface area contributed by atoms with Crippen molar-refractivity contribution in [3.8, 4) is 0 Å². The average molecular weight is 461 g/mol. The molecule has 0 amide bonds. The lowest BCUT2D eigenvalue weighted by molar-refractivity contribution is -0.158. The third-order valence-corrected chi connectivity index (χ3v) is 7.35. The van der Waals surface area contributed by atoms with Gasteiger partial charge in [0.05, 0.1) is 17.7 Å². The summed E-state index contributed by atoms with van der Waals surface area (Å²) in [5.74, 6) is 0.897. The zero-order valence-corrected chi connectivity index (χ0v) is 18.7. The fourth-order valence-corrected chi connectivity index (χ4v) is 5.27. The van der Waals surface area contributed by atoms with E-state index in [1.165, 1.54) is 0 Å². The van der Waals surface area contributed by atoms with E-state index in [-0.39, 0.29) is 6.04 Å². The van der Waals surface area contributed by atoms with Gasteiger partial charge < -0.3 is 10.0 Å². The predicted molar refractivity (Wildman–Crippen MR) is 118 cm³/mol. The molecule has 0 spiro atoms. The Hall–Kier alpha value is -2.45. The number of carboxylic acid groups (broad SMARTS) is 1. The molecule has 10 heteroatoms. The number of halogens is 2. The zero-order chi connectivity index (χ0) is 21.9. The van der Waals surface area contributed by atoms with Crippen LogP contribution in [0.2, 0.25) is 10.0 Å². The maximum Gasteiger partial charge on any atom is 0.309 e. The molecule has 31 heavy (non-hydrogen) atoms. The average Bonchev–Trinajstić information content (AvgIpc) is 3.08. The van der Waals surface area contributed by atoms with Crippen LogP contribution in [0.3, 0.4) is 0 Å². The minimum Gasteiger partial charge on any atom is -0.481 e. The van der Waals surface area contributed by atoms with Crippen LogP contribution in [0.4, 0.5) is 5.95 Å². The number of carboxylic acids is 1. The second-order valence-electron chi connectivity index (χ2n) is 8.95. The molecule has 1 N–H and O–H groups in total. The molecule has 5 rings (SSSR count). The van der Waals surface area contributed by atoms with Crippen LogP contribution in [-0.2, 0) is 4.79 Å². The molecule has 1 aromatic carbocycles. The van der Waals surface area contributed by atoms with Crippen molar-refractivity contribution in [1.82, 2.24) is 25.0 Å². The van der Waals surface area contributed by atoms with E-state index in [9.17, 15) is 9.90 Å². The van der Waals surface area contributed by atoms with Crippen LogP contribution in [0.1, 0.15) is 38.3 Å². The van der Waals surface area contributed by atoms with E-state index < -0.39 is 11.4 Å². The fraction of sp³-hybridized carbons (Fsp3) is 0.476. The molecule has 3 heterocycles. The van der Waals surface area contributed by atoms with Crippen LogP contribution in [0, 0.1) is 17.3 Å². The SMILES string of the molecule is C[C@H](c1ccc(Cl)cc1Cl)n1nnc2cnc(N3CC(C4CC(C)(C(=O)O)C4)C3)nc21. The first-order valence-corrected chi connectivity index (χ1v) is 11.0. The Balaban J connectivity index is 1.33. The van der Waals surface area contributed by atoms with E-state index in [1.807, 2.05) is 19.9 Å². The number of benzene rings is 1. The Bertz CT molecular complexity index is 1170. The Kier molecular flexibility index (Phi) is 4.82. The molecule has 0 bridgehead atoms. The molecule has 1 saturated carbocycles. The van der Waals surface area contributed by atoms with Gasteiger partial charge in [0.2, 0.25) is 5.95 Å². The number of fused-ring (bicyclic) bond motifs is 1. The van der Waals surface area contributed by atoms with Crippen molar-refractivity contribution in [2.45, 2.75) is 32.7 Å². The second-order valence-corrected chi connectivity index (χ2v) is 9.80. The van der Waals surface area contributed by atoms with Gasteiger partial charge in [0.25, 0.3) is 0 Å². The number of hydrogen-bond acceptors (Lipinski definition) is 6. The molecular formula is C21H22Cl2N6O2. The molecule has 162 valence electrons. The molecule has 1 saturated heterocycles. The van der Waals surface area contributed by atoms with Crippen molar-refractivity contribution in [3.63, 3.8) is 0 Å². The van der Waals surface area contributed by atoms with Gasteiger partial charge in [-0.2, -0.15) is 4.98 Å². The number of anilines is 1. The number of hydrogen-bond donors (Lipinski definition) is 1. The molecule has 8 nitrogen and oxygen atoms in total. The molecular weight excluding hydrogens is 439 g/mol. The molecule has 2 fully saturated rings. The van der Waals surface area contributed by atoms with E-state index in [4.69, 9.17) is 28.2 Å². The predicted octanol–water partition coefficient (Wildman–Crippen LogP) is 4.07. The van der Waals surface area contributed by atoms with Gasteiger partial charge in [-0.3, -0.25) is 4.79 Å². The minimum absolute atomic E-state index is 0.176. The van der Waals surface area contributed by atoms with Crippen molar-refractivity contribution in [1.29, 1.82) is 0 Å². The van der Waals surface area contributed by atoms with Crippen LogP contribution in [-0.4, -0.2) is 49.1 Å². The smallest absolute Gasteiger partial charge is 0.309 e. The summed E-state index contributed by atoms with van der Waals surface area (Å²) in [6.07, 6.45) is 3.18. The zero-order valence-electron chi connectivity index (χ0n) is 17.2. The molecule has 1 aliphatic heterocycles. The quantitative estimate of drug-likeness (QED) is 0.612. The largest absolute Gasteiger partial charge is 0.481 e. The normalized spacial score (nSPS) is 24.6. The molecule has 0 unspecified atom stereocenters. The minimum atomic E-state index is -0.690. The second kappa shape index (κ2) is 7.31. The summed E-state index contributed by atoms with van der Waals surface area (Å²) in [5, 5.41) is 18.9. The van der Waals surface area contributed by atoms with Crippen molar-refractivity contribution in [2.75, 3.05) is 18.0 Å². The van der Waals surface area contributed by atoms with E-state index in [0.29, 0.717) is 39.0 Å². The summed E-state index contributed by atoms with van der Waals surface area (Å²) < 4.78 is 1.75. The first-order valence-electron chi connectivity index (χ1n) is 10.3. The van der Waals surface area contributed by atoms with Crippen LogP contribution < -0.4 is 4.90 Å². The van der Waals surface area contributed by atoms with E-state index in [2.05, 4.69) is 20.2 Å². The summed E-state index contributed by atoms with van der Waals surface area (Å²) >= 11 is 12.4. The van der Waals surface area contributed by atoms with Gasteiger partial charge in [-0.1, -0.05) is 34.5 Å². The summed E-state index contributed by atoms with van der Waals surface area (Å²) in [6, 6.07) is 5.22. The lowest BCUT2D eigenvalue weighted by Crippen LogP contribution is -2.56. The highest BCUT2D eigenvalue weighted by Crippen LogP contribution is 2.51. The number of aromatic nitrogens is 5. The lowest BCUT2D eigenvalue weighted by Gasteiger charge is -2.52. The summed E-state index contributed by atoms with van der Waals surface area (Å²) in [6.45, 7) is 5.50. The fourth-order valence-electron chi connectivity index (χ4n) is 4.70. The molecule has 0 radical (unpaired) electrons. The third-order valence-electron chi connectivity index (χ3n) is 6.78. The van der Waals surface area contributed by atoms with Crippen LogP contribution in [0.15, 0.2) is 24.4 Å². The van der Waals surface area contributed by atoms with Gasteiger partial charge in [-0.05, 0) is 56.2 Å². The number of rotatable bonds is 5. The van der Waals surface area contributed by atoms with E-state index in [0.717, 1.165) is 31.5 Å². The monoisotopic (exact) mass is 460 g/mol. The van der Waals surface area contributed by atoms with Gasteiger partial charge in [0.15, 0.2) is 11.2 Å². The van der Waals surface area contributed by atoms with E-state index in [1.54, 1.807) is 23.0 Å². The molecule has 2 aromatic heterocycles. The standard InChI is InChI=1S/C21H22Cl2N6O2/c1-11(15-4-3-14(22)5-16(15)23)29-18-17(26-27-29)8-24-20(25-18)28-9-13(10-28)12-6-21(2,7-12)19(30)31/h3-5,8,11-13H,6-7,9-10H2,1-2H3,(H,30,31)/t11-,12?,21?/m1/s1. The number of carbonyl (C=O) groups is 1. The van der Waals surface area contributed by atoms with Gasteiger partial charge in [0, 0.05) is 23.1 Å². The molecule has 1 aliphatic carbocycles. The molecule has 2 aliphatic rings. The summed E-state index contributed by atoms with van der Waals surface area (Å²) in [5.41, 5.74) is 1.59. The Labute approximate surface area is 189 Å². The first kappa shape index (κ1) is 20.5. The van der Waals surface area contributed by atoms with Gasteiger partial charge in [-0.15, -0.1) is 5.10 Å². The van der Waals surface area contributed by atoms with Crippen LogP contribution in [0.5, 0.6) is 0 Å². The summed E-state index contributed by atoms with van der Waals surface area (Å²) in [7, 11) is 0. The first-order chi connectivity index (χ1) is 14.7. The number of aliphatic carboxylic acids is 1. The lowest BCUT2D eigenvalue weighted by atomic mass is 9.58. The van der Waals surface area contributed by atoms with Crippen LogP contribution in [0.25, 0.3) is 11.2 Å². The molecule has 1 atom stereocenters. The topological polar surface area (TPSA) is 97.0 Å². The van der Waals surface area contributed by atoms with Gasteiger partial charge >= 0.3 is 5.97 Å². The highest BCUT2D eigenvalue weighted by molar-refractivity contribution is 6.35. The summed E-state index contributed by atoms with van der Waals surface area (Å²) in [4.78, 5) is 22.6. The Morgan fingerprint density at radius 3 is 2.68 bits per heavy atom. The van der Waals surface area contributed by atoms with Crippen molar-refractivity contribution in [3.05, 3.63) is 40.0 Å². The third kappa shape index (κ3) is 3.42. The van der Waals surface area contributed by atoms with Gasteiger partial charge in [0.1, 0.15) is 0 Å². The van der Waals surface area contributed by atoms with Crippen molar-refractivity contribution < 1.29 is 9.90 Å². The van der Waals surface area contributed by atoms with Gasteiger partial charge in [-0.25, -0.2) is 9.67 Å². The van der Waals surface area contributed by atoms with Crippen molar-refractivity contribution >= 4 is 46.3 Å².